The summed E-state index contributed by atoms with van der Waals surface area (Å²) in [5, 5.41) is 17.2. The van der Waals surface area contributed by atoms with Gasteiger partial charge in [-0.25, -0.2) is 0 Å². The predicted molar refractivity (Wildman–Crippen MR) is 90.9 cm³/mol. The average molecular weight is 395 g/mol. The van der Waals surface area contributed by atoms with Crippen molar-refractivity contribution in [2.75, 3.05) is 5.32 Å². The Morgan fingerprint density at radius 3 is 2.54 bits per heavy atom. The Labute approximate surface area is 146 Å². The molecule has 1 heterocycles. The molecule has 0 fully saturated rings. The van der Waals surface area contributed by atoms with Crippen molar-refractivity contribution in [2.45, 2.75) is 26.3 Å². The highest BCUT2D eigenvalue weighted by Gasteiger charge is 2.20. The lowest BCUT2D eigenvalue weighted by molar-refractivity contribution is -0.390. The molecule has 0 aliphatic carbocycles. The van der Waals surface area contributed by atoms with E-state index in [-0.39, 0.29) is 28.5 Å². The topological polar surface area (TPSA) is 107 Å². The quantitative estimate of drug-likeness (QED) is 0.440. The Morgan fingerprint density at radius 2 is 2.00 bits per heavy atom. The summed E-state index contributed by atoms with van der Waals surface area (Å²) < 4.78 is 1.43. The molecule has 0 aliphatic heterocycles. The lowest BCUT2D eigenvalue weighted by Gasteiger charge is -2.05. The maximum Gasteiger partial charge on any atom is 0.404 e. The summed E-state index contributed by atoms with van der Waals surface area (Å²) in [6, 6.07) is 6.47. The highest BCUT2D eigenvalue weighted by atomic mass is 79.9. The molecule has 0 aliphatic rings. The number of nitrogens with one attached hydrogen (secondary N) is 1. The van der Waals surface area contributed by atoms with E-state index in [2.05, 4.69) is 26.3 Å². The number of nitrogens with zero attached hydrogens (tertiary/aromatic N) is 3. The smallest absolute Gasteiger partial charge is 0.358 e. The van der Waals surface area contributed by atoms with Crippen molar-refractivity contribution in [1.29, 1.82) is 0 Å². The highest BCUT2D eigenvalue weighted by Crippen LogP contribution is 2.22. The van der Waals surface area contributed by atoms with Gasteiger partial charge < -0.3 is 15.4 Å². The summed E-state index contributed by atoms with van der Waals surface area (Å²) in [6.45, 7) is 1.80. The minimum atomic E-state index is -0.626. The zero-order valence-electron chi connectivity index (χ0n) is 12.9. The van der Waals surface area contributed by atoms with Gasteiger partial charge in [0.15, 0.2) is 5.78 Å². The molecule has 1 amide bonds. The number of anilines is 1. The van der Waals surface area contributed by atoms with Gasteiger partial charge in [0, 0.05) is 17.7 Å². The number of Topliss-reactive ketones (excluding diaryl/α,β-unsaturated/α-hetero) is 1. The molecule has 126 valence electrons. The number of hydrogen-bond acceptors (Lipinski definition) is 5. The Kier molecular flexibility index (Phi) is 5.80. The third kappa shape index (κ3) is 4.48. The maximum absolute atomic E-state index is 12.2. The van der Waals surface area contributed by atoms with E-state index in [1.807, 2.05) is 6.92 Å². The van der Waals surface area contributed by atoms with E-state index in [4.69, 9.17) is 0 Å². The van der Waals surface area contributed by atoms with E-state index in [0.29, 0.717) is 17.7 Å². The average Bonchev–Trinajstić information content (AvgIpc) is 2.89. The van der Waals surface area contributed by atoms with Crippen molar-refractivity contribution in [3.05, 3.63) is 50.6 Å². The number of benzene rings is 1. The van der Waals surface area contributed by atoms with Crippen molar-refractivity contribution < 1.29 is 14.5 Å². The fourth-order valence-corrected chi connectivity index (χ4v) is 2.48. The summed E-state index contributed by atoms with van der Waals surface area (Å²) in [7, 11) is 0. The number of amides is 1. The van der Waals surface area contributed by atoms with Crippen LogP contribution >= 0.6 is 15.9 Å². The number of carbonyl (C=O) groups is 2. The predicted octanol–water partition coefficient (Wildman–Crippen LogP) is 3.18. The van der Waals surface area contributed by atoms with Crippen LogP contribution in [-0.2, 0) is 11.3 Å². The van der Waals surface area contributed by atoms with Crippen molar-refractivity contribution in [3.63, 3.8) is 0 Å². The van der Waals surface area contributed by atoms with Crippen LogP contribution in [0.2, 0.25) is 0 Å². The number of carbonyl (C=O) groups excluding carboxylic acids is 2. The first-order chi connectivity index (χ1) is 11.4. The second-order valence-corrected chi connectivity index (χ2v) is 5.91. The third-order valence-electron chi connectivity index (χ3n) is 3.15. The van der Waals surface area contributed by atoms with Crippen molar-refractivity contribution in [1.82, 2.24) is 9.78 Å². The van der Waals surface area contributed by atoms with Crippen LogP contribution in [0.25, 0.3) is 0 Å². The van der Waals surface area contributed by atoms with E-state index in [1.165, 1.54) is 10.9 Å². The number of aromatic nitrogens is 2. The minimum Gasteiger partial charge on any atom is -0.358 e. The molecule has 2 rings (SSSR count). The van der Waals surface area contributed by atoms with Gasteiger partial charge in [0.25, 0.3) is 0 Å². The number of nitro groups is 1. The van der Waals surface area contributed by atoms with Crippen molar-refractivity contribution in [2.24, 2.45) is 0 Å². The van der Waals surface area contributed by atoms with E-state index < -0.39 is 4.92 Å². The first-order valence-electron chi connectivity index (χ1n) is 7.21. The maximum atomic E-state index is 12.2. The van der Waals surface area contributed by atoms with Crippen molar-refractivity contribution in [3.8, 4) is 0 Å². The van der Waals surface area contributed by atoms with Gasteiger partial charge in [-0.05, 0) is 51.5 Å². The number of halogens is 1. The highest BCUT2D eigenvalue weighted by molar-refractivity contribution is 9.10. The van der Waals surface area contributed by atoms with Crippen LogP contribution in [0.3, 0.4) is 0 Å². The SMILES string of the molecule is CCCC(=O)Nc1ccc(C(=O)Cn2cc(Br)c([N+](=O)[O-])n2)cc1. The molecule has 8 nitrogen and oxygen atoms in total. The fourth-order valence-electron chi connectivity index (χ4n) is 2.02. The number of ketones is 1. The Hall–Kier alpha value is -2.55. The van der Waals surface area contributed by atoms with Gasteiger partial charge >= 0.3 is 5.82 Å². The van der Waals surface area contributed by atoms with Gasteiger partial charge in [-0.2, -0.15) is 4.68 Å². The molecule has 0 radical (unpaired) electrons. The molecule has 0 unspecified atom stereocenters. The van der Waals surface area contributed by atoms with Gasteiger partial charge in [-0.15, -0.1) is 0 Å². The number of hydrogen-bond donors (Lipinski definition) is 1. The largest absolute Gasteiger partial charge is 0.404 e. The van der Waals surface area contributed by atoms with Gasteiger partial charge in [0.1, 0.15) is 11.0 Å². The van der Waals surface area contributed by atoms with Crippen LogP contribution in [0.4, 0.5) is 11.5 Å². The van der Waals surface area contributed by atoms with Gasteiger partial charge in [0.2, 0.25) is 5.91 Å². The molecule has 9 heteroatoms. The molecular formula is C15H15BrN4O4. The molecule has 1 N–H and O–H groups in total. The van der Waals surface area contributed by atoms with E-state index in [1.54, 1.807) is 24.3 Å². The normalized spacial score (nSPS) is 10.4. The van der Waals surface area contributed by atoms with Crippen LogP contribution in [0.15, 0.2) is 34.9 Å². The Bertz CT molecular complexity index is 770. The second kappa shape index (κ2) is 7.82. The molecule has 2 aromatic rings. The van der Waals surface area contributed by atoms with Crippen LogP contribution < -0.4 is 5.32 Å². The standard InChI is InChI=1S/C15H15BrN4O4/c1-2-3-14(22)17-11-6-4-10(5-7-11)13(21)9-19-8-12(16)15(18-19)20(23)24/h4-8H,2-3,9H2,1H3,(H,17,22). The first kappa shape index (κ1) is 17.8. The van der Waals surface area contributed by atoms with Gasteiger partial charge in [0.05, 0.1) is 11.3 Å². The summed E-state index contributed by atoms with van der Waals surface area (Å²) >= 11 is 3.03. The summed E-state index contributed by atoms with van der Waals surface area (Å²) in [4.78, 5) is 33.8. The lowest BCUT2D eigenvalue weighted by atomic mass is 10.1. The first-order valence-corrected chi connectivity index (χ1v) is 8.00. The molecule has 1 aromatic carbocycles. The summed E-state index contributed by atoms with van der Waals surface area (Å²) in [5.74, 6) is -0.659. The molecule has 24 heavy (non-hydrogen) atoms. The molecule has 0 saturated heterocycles. The van der Waals surface area contributed by atoms with Crippen LogP contribution in [0, 0.1) is 10.1 Å². The summed E-state index contributed by atoms with van der Waals surface area (Å²) in [5.41, 5.74) is 1.04. The van der Waals surface area contributed by atoms with Crippen LogP contribution in [-0.4, -0.2) is 26.4 Å². The van der Waals surface area contributed by atoms with Crippen LogP contribution in [0.5, 0.6) is 0 Å². The zero-order valence-corrected chi connectivity index (χ0v) is 14.4. The zero-order chi connectivity index (χ0) is 17.7. The number of rotatable bonds is 7. The molecule has 1 aromatic heterocycles. The fraction of sp³-hybridized carbons (Fsp3) is 0.267. The third-order valence-corrected chi connectivity index (χ3v) is 3.70. The molecule has 0 atom stereocenters. The Balaban J connectivity index is 2.03. The molecule has 0 saturated carbocycles. The van der Waals surface area contributed by atoms with Crippen molar-refractivity contribution >= 4 is 39.1 Å². The molecule has 0 bridgehead atoms. The Morgan fingerprint density at radius 1 is 1.33 bits per heavy atom. The second-order valence-electron chi connectivity index (χ2n) is 5.05. The monoisotopic (exact) mass is 394 g/mol. The summed E-state index contributed by atoms with van der Waals surface area (Å²) in [6.07, 6.45) is 2.58. The minimum absolute atomic E-state index is 0.0784. The van der Waals surface area contributed by atoms with E-state index in [0.717, 1.165) is 6.42 Å². The van der Waals surface area contributed by atoms with Gasteiger partial charge in [-0.1, -0.05) is 6.92 Å². The van der Waals surface area contributed by atoms with Crippen LogP contribution in [0.1, 0.15) is 30.1 Å². The molecule has 0 spiro atoms. The van der Waals surface area contributed by atoms with Gasteiger partial charge in [-0.3, -0.25) is 9.59 Å². The van der Waals surface area contributed by atoms with E-state index >= 15 is 0 Å². The lowest BCUT2D eigenvalue weighted by Crippen LogP contribution is -2.12. The van der Waals surface area contributed by atoms with E-state index in [9.17, 15) is 19.7 Å². The molecular weight excluding hydrogens is 380 g/mol.